The van der Waals surface area contributed by atoms with E-state index in [1.165, 1.54) is 0 Å². The zero-order valence-electron chi connectivity index (χ0n) is 16.0. The Morgan fingerprint density at radius 1 is 1.00 bits per heavy atom. The van der Waals surface area contributed by atoms with E-state index in [1.807, 2.05) is 67.6 Å². The number of nitrogens with zero attached hydrogens (tertiary/aromatic N) is 1. The lowest BCUT2D eigenvalue weighted by Crippen LogP contribution is -2.17. The van der Waals surface area contributed by atoms with Gasteiger partial charge in [0.2, 0.25) is 0 Å². The lowest BCUT2D eigenvalue weighted by atomic mass is 10.2. The molecule has 0 unspecified atom stereocenters. The first kappa shape index (κ1) is 20.9. The van der Waals surface area contributed by atoms with Crippen molar-refractivity contribution >= 4 is 34.7 Å². The van der Waals surface area contributed by atoms with Crippen LogP contribution in [-0.4, -0.2) is 18.7 Å². The van der Waals surface area contributed by atoms with Crippen LogP contribution in [0, 0.1) is 3.57 Å². The van der Waals surface area contributed by atoms with E-state index in [2.05, 4.69) is 33.1 Å². The van der Waals surface area contributed by atoms with Crippen molar-refractivity contribution in [3.63, 3.8) is 0 Å². The van der Waals surface area contributed by atoms with E-state index in [9.17, 15) is 4.79 Å². The Kier molecular flexibility index (Phi) is 7.63. The average Bonchev–Trinajstić information content (AvgIpc) is 2.74. The molecule has 0 bridgehead atoms. The third kappa shape index (κ3) is 6.32. The van der Waals surface area contributed by atoms with E-state index < -0.39 is 0 Å². The molecule has 0 saturated carbocycles. The first-order chi connectivity index (χ1) is 14.2. The van der Waals surface area contributed by atoms with Gasteiger partial charge in [-0.1, -0.05) is 36.4 Å². The first-order valence-corrected chi connectivity index (χ1v) is 10.3. The maximum absolute atomic E-state index is 12.2. The number of nitrogens with one attached hydrogen (secondary N) is 1. The van der Waals surface area contributed by atoms with Gasteiger partial charge in [0.15, 0.2) is 11.5 Å². The number of amides is 1. The maximum atomic E-state index is 12.2. The molecule has 29 heavy (non-hydrogen) atoms. The highest BCUT2D eigenvalue weighted by Crippen LogP contribution is 2.28. The van der Waals surface area contributed by atoms with Crippen LogP contribution in [0.4, 0.5) is 0 Å². The number of carbonyl (C=O) groups excluding carboxylic acids is 1. The molecule has 0 aliphatic heterocycles. The molecule has 3 aromatic carbocycles. The minimum atomic E-state index is -0.257. The minimum Gasteiger partial charge on any atom is -0.490 e. The lowest BCUT2D eigenvalue weighted by Gasteiger charge is -2.12. The molecule has 3 rings (SSSR count). The number of rotatable bonds is 8. The summed E-state index contributed by atoms with van der Waals surface area (Å²) in [4.78, 5) is 12.2. The van der Waals surface area contributed by atoms with Gasteiger partial charge in [-0.25, -0.2) is 5.43 Å². The number of ether oxygens (including phenoxy) is 2. The van der Waals surface area contributed by atoms with Gasteiger partial charge >= 0.3 is 0 Å². The summed E-state index contributed by atoms with van der Waals surface area (Å²) >= 11 is 2.17. The fourth-order valence-electron chi connectivity index (χ4n) is 2.59. The van der Waals surface area contributed by atoms with Crippen molar-refractivity contribution in [2.75, 3.05) is 6.61 Å². The SMILES string of the molecule is CCOc1cc(/C=N\NC(=O)c2cccc(I)c2)ccc1OCc1ccccc1. The van der Waals surface area contributed by atoms with Crippen molar-refractivity contribution < 1.29 is 14.3 Å². The molecule has 0 atom stereocenters. The molecule has 1 amide bonds. The summed E-state index contributed by atoms with van der Waals surface area (Å²) in [6, 6.07) is 22.8. The molecule has 0 aliphatic carbocycles. The number of hydrogen-bond acceptors (Lipinski definition) is 4. The normalized spacial score (nSPS) is 10.7. The molecule has 1 N–H and O–H groups in total. The van der Waals surface area contributed by atoms with Gasteiger partial charge in [0.25, 0.3) is 5.91 Å². The van der Waals surface area contributed by atoms with Gasteiger partial charge in [-0.2, -0.15) is 5.10 Å². The quantitative estimate of drug-likeness (QED) is 0.268. The molecule has 6 heteroatoms. The zero-order valence-corrected chi connectivity index (χ0v) is 18.1. The largest absolute Gasteiger partial charge is 0.490 e. The van der Waals surface area contributed by atoms with Crippen LogP contribution >= 0.6 is 22.6 Å². The second kappa shape index (κ2) is 10.6. The topological polar surface area (TPSA) is 59.9 Å². The van der Waals surface area contributed by atoms with Crippen LogP contribution in [0.15, 0.2) is 77.9 Å². The van der Waals surface area contributed by atoms with E-state index in [0.717, 1.165) is 14.7 Å². The van der Waals surface area contributed by atoms with E-state index in [1.54, 1.807) is 18.3 Å². The van der Waals surface area contributed by atoms with Crippen molar-refractivity contribution in [2.45, 2.75) is 13.5 Å². The Morgan fingerprint density at radius 3 is 2.59 bits per heavy atom. The van der Waals surface area contributed by atoms with Gasteiger partial charge < -0.3 is 9.47 Å². The molecule has 0 saturated heterocycles. The number of benzene rings is 3. The summed E-state index contributed by atoms with van der Waals surface area (Å²) in [5.74, 6) is 1.04. The predicted molar refractivity (Wildman–Crippen MR) is 123 cm³/mol. The third-order valence-electron chi connectivity index (χ3n) is 3.97. The van der Waals surface area contributed by atoms with Crippen molar-refractivity contribution in [3.8, 4) is 11.5 Å². The summed E-state index contributed by atoms with van der Waals surface area (Å²) in [5, 5.41) is 4.05. The van der Waals surface area contributed by atoms with Gasteiger partial charge in [0.1, 0.15) is 6.61 Å². The molecular formula is C23H21IN2O3. The minimum absolute atomic E-state index is 0.257. The molecular weight excluding hydrogens is 479 g/mol. The zero-order chi connectivity index (χ0) is 20.5. The van der Waals surface area contributed by atoms with E-state index >= 15 is 0 Å². The second-order valence-corrected chi connectivity index (χ2v) is 7.37. The van der Waals surface area contributed by atoms with Crippen molar-refractivity contribution in [1.82, 2.24) is 5.43 Å². The summed E-state index contributed by atoms with van der Waals surface area (Å²) < 4.78 is 12.6. The van der Waals surface area contributed by atoms with Crippen LogP contribution in [0.5, 0.6) is 11.5 Å². The second-order valence-electron chi connectivity index (χ2n) is 6.12. The monoisotopic (exact) mass is 500 g/mol. The molecule has 0 heterocycles. The molecule has 5 nitrogen and oxygen atoms in total. The van der Waals surface area contributed by atoms with E-state index in [-0.39, 0.29) is 5.91 Å². The van der Waals surface area contributed by atoms with Gasteiger partial charge in [0, 0.05) is 9.13 Å². The lowest BCUT2D eigenvalue weighted by molar-refractivity contribution is 0.0955. The Morgan fingerprint density at radius 2 is 1.83 bits per heavy atom. The van der Waals surface area contributed by atoms with E-state index in [4.69, 9.17) is 9.47 Å². The number of hydrazone groups is 1. The van der Waals surface area contributed by atoms with Gasteiger partial charge in [-0.3, -0.25) is 4.79 Å². The fraction of sp³-hybridized carbons (Fsp3) is 0.130. The number of halogens is 1. The van der Waals surface area contributed by atoms with Crippen LogP contribution < -0.4 is 14.9 Å². The molecule has 148 valence electrons. The summed E-state index contributed by atoms with van der Waals surface area (Å²) in [5.41, 5.74) is 4.98. The average molecular weight is 500 g/mol. The van der Waals surface area contributed by atoms with E-state index in [0.29, 0.717) is 30.3 Å². The molecule has 3 aromatic rings. The van der Waals surface area contributed by atoms with Gasteiger partial charge in [-0.05, 0) is 77.0 Å². The van der Waals surface area contributed by atoms with Crippen molar-refractivity contribution in [2.24, 2.45) is 5.10 Å². The van der Waals surface area contributed by atoms with Crippen LogP contribution in [0.2, 0.25) is 0 Å². The first-order valence-electron chi connectivity index (χ1n) is 9.18. The fourth-order valence-corrected chi connectivity index (χ4v) is 3.13. The van der Waals surface area contributed by atoms with Crippen LogP contribution in [-0.2, 0) is 6.61 Å². The highest BCUT2D eigenvalue weighted by molar-refractivity contribution is 14.1. The number of carbonyl (C=O) groups is 1. The molecule has 0 radical (unpaired) electrons. The highest BCUT2D eigenvalue weighted by Gasteiger charge is 2.07. The Balaban J connectivity index is 1.65. The Labute approximate surface area is 183 Å². The standard InChI is InChI=1S/C23H21IN2O3/c1-2-28-22-13-18(11-12-21(22)29-16-17-7-4-3-5-8-17)15-25-26-23(27)19-9-6-10-20(24)14-19/h3-15H,2,16H2,1H3,(H,26,27)/b25-15-. The summed E-state index contributed by atoms with van der Waals surface area (Å²) in [7, 11) is 0. The molecule has 0 spiro atoms. The van der Waals surface area contributed by atoms with Crippen molar-refractivity contribution in [3.05, 3.63) is 93.1 Å². The van der Waals surface area contributed by atoms with Crippen molar-refractivity contribution in [1.29, 1.82) is 0 Å². The van der Waals surface area contributed by atoms with Crippen LogP contribution in [0.3, 0.4) is 0 Å². The predicted octanol–water partition coefficient (Wildman–Crippen LogP) is 5.03. The van der Waals surface area contributed by atoms with Crippen LogP contribution in [0.25, 0.3) is 0 Å². The Hall–Kier alpha value is -2.87. The van der Waals surface area contributed by atoms with Gasteiger partial charge in [0.05, 0.1) is 12.8 Å². The maximum Gasteiger partial charge on any atom is 0.271 e. The smallest absolute Gasteiger partial charge is 0.271 e. The summed E-state index contributed by atoms with van der Waals surface area (Å²) in [6.45, 7) is 2.90. The molecule has 0 aliphatic rings. The number of hydrogen-bond donors (Lipinski definition) is 1. The molecule has 0 aromatic heterocycles. The van der Waals surface area contributed by atoms with Gasteiger partial charge in [-0.15, -0.1) is 0 Å². The Bertz CT molecular complexity index is 990. The third-order valence-corrected chi connectivity index (χ3v) is 4.64. The van der Waals surface area contributed by atoms with Crippen LogP contribution in [0.1, 0.15) is 28.4 Å². The summed E-state index contributed by atoms with van der Waals surface area (Å²) in [6.07, 6.45) is 1.58. The molecule has 0 fully saturated rings. The highest BCUT2D eigenvalue weighted by atomic mass is 127.